The summed E-state index contributed by atoms with van der Waals surface area (Å²) in [6, 6.07) is 19.2. The molecule has 0 unspecified atom stereocenters. The minimum Gasteiger partial charge on any atom is -0.497 e. The zero-order chi connectivity index (χ0) is 26.7. The molecule has 2 atom stereocenters. The van der Waals surface area contributed by atoms with Gasteiger partial charge in [-0.25, -0.2) is 0 Å². The Morgan fingerprint density at radius 1 is 1.21 bits per heavy atom. The Bertz CT molecular complexity index is 1170. The van der Waals surface area contributed by atoms with Crippen LogP contribution in [0.15, 0.2) is 78.7 Å². The number of aliphatic hydroxyl groups is 1. The Morgan fingerprint density at radius 3 is 2.82 bits per heavy atom. The van der Waals surface area contributed by atoms with Crippen molar-refractivity contribution in [3.05, 3.63) is 94.7 Å². The number of fused-ring (bicyclic) bond motifs is 1. The van der Waals surface area contributed by atoms with Crippen molar-refractivity contribution in [1.82, 2.24) is 9.80 Å². The number of nitrogens with zero attached hydrogens (tertiary/aromatic N) is 2. The number of amides is 1. The summed E-state index contributed by atoms with van der Waals surface area (Å²) in [4.78, 5) is 18.7. The maximum atomic E-state index is 13.6. The van der Waals surface area contributed by atoms with Gasteiger partial charge in [-0.05, 0) is 41.1 Å². The van der Waals surface area contributed by atoms with Gasteiger partial charge in [-0.2, -0.15) is 0 Å². The van der Waals surface area contributed by atoms with Crippen molar-refractivity contribution in [2.24, 2.45) is 0 Å². The van der Waals surface area contributed by atoms with Gasteiger partial charge in [0.1, 0.15) is 18.1 Å². The van der Waals surface area contributed by atoms with Crippen LogP contribution in [0.3, 0.4) is 0 Å². The molecule has 4 rings (SSSR count). The summed E-state index contributed by atoms with van der Waals surface area (Å²) in [5.41, 5.74) is 2.19. The van der Waals surface area contributed by atoms with Gasteiger partial charge in [0, 0.05) is 30.6 Å². The number of ether oxygens (including phenoxy) is 3. The molecule has 0 aliphatic carbocycles. The van der Waals surface area contributed by atoms with E-state index in [1.807, 2.05) is 64.4 Å². The van der Waals surface area contributed by atoms with Gasteiger partial charge in [0.25, 0.3) is 0 Å². The Hall–Kier alpha value is -3.17. The third kappa shape index (κ3) is 7.68. The Kier molecular flexibility index (Phi) is 10.3. The predicted octanol–water partition coefficient (Wildman–Crippen LogP) is 4.33. The van der Waals surface area contributed by atoms with E-state index in [1.54, 1.807) is 24.5 Å². The maximum absolute atomic E-state index is 13.6. The third-order valence-electron chi connectivity index (χ3n) is 6.50. The minimum absolute atomic E-state index is 0.000321. The van der Waals surface area contributed by atoms with Crippen LogP contribution in [0, 0.1) is 0 Å². The quantitative estimate of drug-likeness (QED) is 0.310. The SMILES string of the molecule is C=CCN(CC(=O)N1CCc2sccc2[C@H]1COc1cccc(OC)c1)C[C@H](O)COCc1ccccc1. The Balaban J connectivity index is 1.36. The molecule has 7 nitrogen and oxygen atoms in total. The van der Waals surface area contributed by atoms with Crippen LogP contribution in [-0.4, -0.2) is 73.4 Å². The minimum atomic E-state index is -0.719. The zero-order valence-corrected chi connectivity index (χ0v) is 22.6. The summed E-state index contributed by atoms with van der Waals surface area (Å²) in [6.07, 6.45) is 1.86. The number of rotatable bonds is 14. The van der Waals surface area contributed by atoms with E-state index in [-0.39, 0.29) is 25.1 Å². The molecule has 2 heterocycles. The number of hydrogen-bond donors (Lipinski definition) is 1. The summed E-state index contributed by atoms with van der Waals surface area (Å²) in [6.45, 7) is 6.42. The number of carbonyl (C=O) groups is 1. The van der Waals surface area contributed by atoms with Crippen molar-refractivity contribution in [3.63, 3.8) is 0 Å². The van der Waals surface area contributed by atoms with E-state index < -0.39 is 6.10 Å². The summed E-state index contributed by atoms with van der Waals surface area (Å²) in [5, 5.41) is 12.7. The number of hydrogen-bond acceptors (Lipinski definition) is 7. The fraction of sp³-hybridized carbons (Fsp3) is 0.367. The first-order valence-electron chi connectivity index (χ1n) is 12.8. The average molecular weight is 537 g/mol. The highest BCUT2D eigenvalue weighted by Gasteiger charge is 2.33. The smallest absolute Gasteiger partial charge is 0.237 e. The van der Waals surface area contributed by atoms with Crippen LogP contribution in [0.1, 0.15) is 22.0 Å². The second-order valence-electron chi connectivity index (χ2n) is 9.28. The Labute approximate surface area is 228 Å². The first-order chi connectivity index (χ1) is 18.6. The van der Waals surface area contributed by atoms with Gasteiger partial charge in [-0.1, -0.05) is 42.5 Å². The van der Waals surface area contributed by atoms with Crippen LogP contribution in [-0.2, 0) is 22.6 Å². The lowest BCUT2D eigenvalue weighted by molar-refractivity contribution is -0.136. The molecule has 202 valence electrons. The van der Waals surface area contributed by atoms with Gasteiger partial charge in [-0.15, -0.1) is 17.9 Å². The van der Waals surface area contributed by atoms with Crippen molar-refractivity contribution in [2.45, 2.75) is 25.2 Å². The largest absolute Gasteiger partial charge is 0.497 e. The third-order valence-corrected chi connectivity index (χ3v) is 7.50. The normalized spacial score (nSPS) is 15.7. The molecule has 8 heteroatoms. The number of benzene rings is 2. The Morgan fingerprint density at radius 2 is 2.03 bits per heavy atom. The molecule has 2 aromatic carbocycles. The lowest BCUT2D eigenvalue weighted by Gasteiger charge is -2.37. The zero-order valence-electron chi connectivity index (χ0n) is 21.8. The van der Waals surface area contributed by atoms with Gasteiger partial charge < -0.3 is 24.2 Å². The van der Waals surface area contributed by atoms with Crippen molar-refractivity contribution < 1.29 is 24.1 Å². The van der Waals surface area contributed by atoms with Crippen LogP contribution in [0.2, 0.25) is 0 Å². The molecule has 1 amide bonds. The van der Waals surface area contributed by atoms with Crippen LogP contribution in [0.5, 0.6) is 11.5 Å². The van der Waals surface area contributed by atoms with Gasteiger partial charge >= 0.3 is 0 Å². The van der Waals surface area contributed by atoms with Crippen LogP contribution >= 0.6 is 11.3 Å². The predicted molar refractivity (Wildman–Crippen MR) is 150 cm³/mol. The summed E-state index contributed by atoms with van der Waals surface area (Å²) in [5.74, 6) is 1.42. The van der Waals surface area contributed by atoms with E-state index in [4.69, 9.17) is 14.2 Å². The van der Waals surface area contributed by atoms with Crippen molar-refractivity contribution >= 4 is 17.2 Å². The van der Waals surface area contributed by atoms with Gasteiger partial charge in [0.15, 0.2) is 0 Å². The molecular formula is C30H36N2O5S. The van der Waals surface area contributed by atoms with Crippen molar-refractivity contribution in [1.29, 1.82) is 0 Å². The fourth-order valence-electron chi connectivity index (χ4n) is 4.65. The topological polar surface area (TPSA) is 71.5 Å². The second kappa shape index (κ2) is 14.1. The summed E-state index contributed by atoms with van der Waals surface area (Å²) >= 11 is 1.72. The lowest BCUT2D eigenvalue weighted by Crippen LogP contribution is -2.48. The molecule has 1 aliphatic rings. The number of carbonyl (C=O) groups excluding carboxylic acids is 1. The van der Waals surface area contributed by atoms with Gasteiger partial charge in [0.05, 0.1) is 39.0 Å². The van der Waals surface area contributed by atoms with Crippen LogP contribution in [0.25, 0.3) is 0 Å². The van der Waals surface area contributed by atoms with Crippen molar-refractivity contribution in [3.8, 4) is 11.5 Å². The van der Waals surface area contributed by atoms with Gasteiger partial charge in [0.2, 0.25) is 5.91 Å². The summed E-state index contributed by atoms with van der Waals surface area (Å²) < 4.78 is 17.1. The number of thiophene rings is 1. The molecule has 0 radical (unpaired) electrons. The van der Waals surface area contributed by atoms with E-state index >= 15 is 0 Å². The molecule has 0 saturated heterocycles. The van der Waals surface area contributed by atoms with E-state index in [9.17, 15) is 9.90 Å². The van der Waals surface area contributed by atoms with E-state index in [1.165, 1.54) is 4.88 Å². The number of methoxy groups -OCH3 is 1. The molecule has 0 fully saturated rings. The fourth-order valence-corrected chi connectivity index (χ4v) is 5.58. The molecule has 0 bridgehead atoms. The highest BCUT2D eigenvalue weighted by Crippen LogP contribution is 2.34. The van der Waals surface area contributed by atoms with Crippen LogP contribution in [0.4, 0.5) is 0 Å². The monoisotopic (exact) mass is 536 g/mol. The van der Waals surface area contributed by atoms with Crippen LogP contribution < -0.4 is 9.47 Å². The lowest BCUT2D eigenvalue weighted by atomic mass is 10.0. The van der Waals surface area contributed by atoms with Gasteiger partial charge in [-0.3, -0.25) is 9.69 Å². The first-order valence-corrected chi connectivity index (χ1v) is 13.7. The standard InChI is InChI=1S/C30H36N2O5S/c1-3-14-31(18-24(33)21-36-20-23-8-5-4-6-9-23)19-30(34)32-15-12-29-27(13-16-38-29)28(32)22-37-26-11-7-10-25(17-26)35-2/h3-11,13,16-17,24,28,33H,1,12,14-15,18-22H2,2H3/t24-,28+/m0/s1. The molecule has 0 saturated carbocycles. The van der Waals surface area contributed by atoms with E-state index in [2.05, 4.69) is 18.0 Å². The summed E-state index contributed by atoms with van der Waals surface area (Å²) in [7, 11) is 1.62. The highest BCUT2D eigenvalue weighted by molar-refractivity contribution is 7.10. The van der Waals surface area contributed by atoms with E-state index in [0.717, 1.165) is 23.3 Å². The molecule has 0 spiro atoms. The molecule has 38 heavy (non-hydrogen) atoms. The second-order valence-corrected chi connectivity index (χ2v) is 10.3. The first kappa shape index (κ1) is 27.9. The highest BCUT2D eigenvalue weighted by atomic mass is 32.1. The molecule has 1 aromatic heterocycles. The molecule has 1 N–H and O–H groups in total. The average Bonchev–Trinajstić information content (AvgIpc) is 3.42. The maximum Gasteiger partial charge on any atom is 0.237 e. The molecule has 1 aliphatic heterocycles. The molecular weight excluding hydrogens is 500 g/mol. The molecule has 3 aromatic rings. The number of aliphatic hydroxyl groups excluding tert-OH is 1. The van der Waals surface area contributed by atoms with Crippen molar-refractivity contribution in [2.75, 3.05) is 46.5 Å². The van der Waals surface area contributed by atoms with E-state index in [0.29, 0.717) is 38.6 Å².